The molecule has 0 heterocycles. The molecule has 110 valence electrons. The fourth-order valence-corrected chi connectivity index (χ4v) is 3.94. The van der Waals surface area contributed by atoms with E-state index in [2.05, 4.69) is 36.4 Å². The van der Waals surface area contributed by atoms with Crippen LogP contribution in [-0.4, -0.2) is 5.78 Å². The Kier molecular flexibility index (Phi) is 3.42. The second kappa shape index (κ2) is 5.57. The first-order valence-electron chi connectivity index (χ1n) is 8.21. The van der Waals surface area contributed by atoms with E-state index in [9.17, 15) is 4.79 Å². The van der Waals surface area contributed by atoms with E-state index in [-0.39, 0.29) is 5.78 Å². The van der Waals surface area contributed by atoms with Crippen LogP contribution in [0.2, 0.25) is 0 Å². The van der Waals surface area contributed by atoms with Gasteiger partial charge < -0.3 is 0 Å². The molecule has 0 aromatic heterocycles. The lowest BCUT2D eigenvalue weighted by Crippen LogP contribution is -2.10. The Morgan fingerprint density at radius 1 is 0.818 bits per heavy atom. The number of hydrogen-bond donors (Lipinski definition) is 0. The summed E-state index contributed by atoms with van der Waals surface area (Å²) < 4.78 is 0. The van der Waals surface area contributed by atoms with Gasteiger partial charge in [-0.05, 0) is 42.7 Å². The predicted octanol–water partition coefficient (Wildman–Crippen LogP) is 5.08. The predicted molar refractivity (Wildman–Crippen MR) is 89.2 cm³/mol. The summed E-state index contributed by atoms with van der Waals surface area (Å²) in [5.41, 5.74) is 6.09. The van der Waals surface area contributed by atoms with E-state index >= 15 is 0 Å². The lowest BCUT2D eigenvalue weighted by atomic mass is 9.79. The van der Waals surface area contributed by atoms with Gasteiger partial charge in [0, 0.05) is 17.6 Å². The molecule has 0 N–H and O–H groups in total. The number of carbonyl (C=O) groups excluding carboxylic acids is 1. The number of carbonyl (C=O) groups is 1. The molecule has 0 atom stereocenters. The number of rotatable bonds is 1. The monoisotopic (exact) mass is 288 g/mol. The molecule has 0 amide bonds. The summed E-state index contributed by atoms with van der Waals surface area (Å²) in [6, 6.07) is 18.9. The molecule has 0 unspecified atom stereocenters. The Balaban J connectivity index is 1.54. The quantitative estimate of drug-likeness (QED) is 0.669. The topological polar surface area (TPSA) is 17.1 Å². The van der Waals surface area contributed by atoms with E-state index in [0.29, 0.717) is 5.92 Å². The van der Waals surface area contributed by atoms with Gasteiger partial charge in [0.1, 0.15) is 0 Å². The molecule has 2 aliphatic carbocycles. The molecule has 1 saturated carbocycles. The summed E-state index contributed by atoms with van der Waals surface area (Å²) in [4.78, 5) is 12.6. The summed E-state index contributed by atoms with van der Waals surface area (Å²) in [5.74, 6) is 0.938. The highest BCUT2D eigenvalue weighted by Gasteiger charge is 2.29. The maximum atomic E-state index is 12.6. The average molecular weight is 288 g/mol. The van der Waals surface area contributed by atoms with Crippen LogP contribution >= 0.6 is 0 Å². The average Bonchev–Trinajstić information content (AvgIpc) is 2.93. The van der Waals surface area contributed by atoms with Gasteiger partial charge in [0.05, 0.1) is 0 Å². The van der Waals surface area contributed by atoms with Crippen LogP contribution in [0.5, 0.6) is 0 Å². The van der Waals surface area contributed by atoms with E-state index in [4.69, 9.17) is 0 Å². The molecule has 0 saturated heterocycles. The molecule has 22 heavy (non-hydrogen) atoms. The fraction of sp³-hybridized carbons (Fsp3) is 0.286. The van der Waals surface area contributed by atoms with Crippen molar-refractivity contribution in [3.8, 4) is 0 Å². The van der Waals surface area contributed by atoms with Crippen LogP contribution < -0.4 is 0 Å². The molecule has 2 aromatic rings. The van der Waals surface area contributed by atoms with Crippen molar-refractivity contribution in [2.45, 2.75) is 38.0 Å². The SMILES string of the molecule is O=C1C(=C2CCC(c3ccccc3)CC2)Cc2ccccc21. The summed E-state index contributed by atoms with van der Waals surface area (Å²) in [6.45, 7) is 0. The molecule has 4 rings (SSSR count). The van der Waals surface area contributed by atoms with Gasteiger partial charge in [-0.15, -0.1) is 0 Å². The Hall–Kier alpha value is -2.15. The number of Topliss-reactive ketones (excluding diaryl/α,β-unsaturated/α-hetero) is 1. The molecular weight excluding hydrogens is 268 g/mol. The van der Waals surface area contributed by atoms with E-state index in [1.165, 1.54) is 29.5 Å². The molecule has 1 fully saturated rings. The standard InChI is InChI=1S/C21H20O/c22-21-19-9-5-4-8-18(19)14-20(21)17-12-10-16(11-13-17)15-6-2-1-3-7-15/h1-9,16H,10-14H2. The summed E-state index contributed by atoms with van der Waals surface area (Å²) in [5, 5.41) is 0. The molecule has 1 nitrogen and oxygen atoms in total. The highest BCUT2D eigenvalue weighted by Crippen LogP contribution is 2.39. The lowest BCUT2D eigenvalue weighted by molar-refractivity contribution is 0.103. The van der Waals surface area contributed by atoms with E-state index < -0.39 is 0 Å². The van der Waals surface area contributed by atoms with Crippen molar-refractivity contribution in [2.75, 3.05) is 0 Å². The summed E-state index contributed by atoms with van der Waals surface area (Å²) in [6.07, 6.45) is 5.35. The van der Waals surface area contributed by atoms with Crippen LogP contribution in [0.4, 0.5) is 0 Å². The molecule has 1 heteroatoms. The molecule has 0 spiro atoms. The van der Waals surface area contributed by atoms with Gasteiger partial charge in [-0.1, -0.05) is 60.2 Å². The van der Waals surface area contributed by atoms with Crippen molar-refractivity contribution < 1.29 is 4.79 Å². The van der Waals surface area contributed by atoms with Crippen molar-refractivity contribution in [3.63, 3.8) is 0 Å². The van der Waals surface area contributed by atoms with Crippen LogP contribution in [0.3, 0.4) is 0 Å². The summed E-state index contributed by atoms with van der Waals surface area (Å²) >= 11 is 0. The first-order valence-corrected chi connectivity index (χ1v) is 8.21. The molecular formula is C21H20O. The van der Waals surface area contributed by atoms with E-state index in [1.807, 2.05) is 18.2 Å². The minimum absolute atomic E-state index is 0.281. The smallest absolute Gasteiger partial charge is 0.189 e. The second-order valence-corrected chi connectivity index (χ2v) is 6.43. The van der Waals surface area contributed by atoms with Crippen LogP contribution in [0, 0.1) is 0 Å². The van der Waals surface area contributed by atoms with Gasteiger partial charge >= 0.3 is 0 Å². The van der Waals surface area contributed by atoms with E-state index in [0.717, 1.165) is 30.4 Å². The second-order valence-electron chi connectivity index (χ2n) is 6.43. The number of allylic oxidation sites excluding steroid dienone is 2. The van der Waals surface area contributed by atoms with Gasteiger partial charge in [0.2, 0.25) is 0 Å². The zero-order chi connectivity index (χ0) is 14.9. The Labute approximate surface area is 131 Å². The van der Waals surface area contributed by atoms with Crippen LogP contribution in [0.15, 0.2) is 65.7 Å². The first-order chi connectivity index (χ1) is 10.8. The first kappa shape index (κ1) is 13.5. The van der Waals surface area contributed by atoms with Gasteiger partial charge in [-0.3, -0.25) is 4.79 Å². The molecule has 0 radical (unpaired) electrons. The number of ketones is 1. The zero-order valence-corrected chi connectivity index (χ0v) is 12.7. The number of benzene rings is 2. The Morgan fingerprint density at radius 2 is 1.50 bits per heavy atom. The molecule has 2 aliphatic rings. The van der Waals surface area contributed by atoms with Gasteiger partial charge in [-0.2, -0.15) is 0 Å². The molecule has 2 aromatic carbocycles. The maximum absolute atomic E-state index is 12.6. The van der Waals surface area contributed by atoms with Crippen molar-refractivity contribution in [3.05, 3.63) is 82.4 Å². The fourth-order valence-electron chi connectivity index (χ4n) is 3.94. The van der Waals surface area contributed by atoms with Crippen LogP contribution in [0.1, 0.15) is 53.1 Å². The van der Waals surface area contributed by atoms with Crippen molar-refractivity contribution >= 4 is 5.78 Å². The minimum atomic E-state index is 0.281. The summed E-state index contributed by atoms with van der Waals surface area (Å²) in [7, 11) is 0. The van der Waals surface area contributed by atoms with Crippen LogP contribution in [-0.2, 0) is 6.42 Å². The third kappa shape index (κ3) is 2.31. The molecule has 0 aliphatic heterocycles. The van der Waals surface area contributed by atoms with Crippen molar-refractivity contribution in [1.29, 1.82) is 0 Å². The van der Waals surface area contributed by atoms with Crippen LogP contribution in [0.25, 0.3) is 0 Å². The maximum Gasteiger partial charge on any atom is 0.189 e. The van der Waals surface area contributed by atoms with Crippen molar-refractivity contribution in [1.82, 2.24) is 0 Å². The van der Waals surface area contributed by atoms with Gasteiger partial charge in [0.15, 0.2) is 5.78 Å². The van der Waals surface area contributed by atoms with Gasteiger partial charge in [-0.25, -0.2) is 0 Å². The van der Waals surface area contributed by atoms with E-state index in [1.54, 1.807) is 0 Å². The lowest BCUT2D eigenvalue weighted by Gasteiger charge is -2.25. The normalized spacial score (nSPS) is 21.1. The van der Waals surface area contributed by atoms with Crippen molar-refractivity contribution in [2.24, 2.45) is 0 Å². The van der Waals surface area contributed by atoms with Gasteiger partial charge in [0.25, 0.3) is 0 Å². The number of fused-ring (bicyclic) bond motifs is 1. The third-order valence-electron chi connectivity index (χ3n) is 5.19. The highest BCUT2D eigenvalue weighted by molar-refractivity contribution is 6.13. The Bertz CT molecular complexity index is 730. The highest BCUT2D eigenvalue weighted by atomic mass is 16.1. The number of hydrogen-bond acceptors (Lipinski definition) is 1. The third-order valence-corrected chi connectivity index (χ3v) is 5.19. The zero-order valence-electron chi connectivity index (χ0n) is 12.7. The Morgan fingerprint density at radius 3 is 2.23 bits per heavy atom. The largest absolute Gasteiger partial charge is 0.289 e. The molecule has 0 bridgehead atoms. The minimum Gasteiger partial charge on any atom is -0.289 e.